The van der Waals surface area contributed by atoms with Crippen molar-refractivity contribution in [3.05, 3.63) is 35.4 Å². The molecule has 17 heavy (non-hydrogen) atoms. The zero-order valence-corrected chi connectivity index (χ0v) is 11.0. The Labute approximate surface area is 105 Å². The Balaban J connectivity index is 1.72. The highest BCUT2D eigenvalue weighted by atomic mass is 14.6. The zero-order chi connectivity index (χ0) is 12.1. The second-order valence-corrected chi connectivity index (χ2v) is 5.68. The lowest BCUT2D eigenvalue weighted by Crippen LogP contribution is -2.23. The van der Waals surface area contributed by atoms with Crippen LogP contribution in [-0.2, 0) is 6.42 Å². The predicted molar refractivity (Wildman–Crippen MR) is 74.1 cm³/mol. The Morgan fingerprint density at radius 2 is 1.82 bits per heavy atom. The topological polar surface area (TPSA) is 26.0 Å². The molecule has 0 aromatic heterocycles. The van der Waals surface area contributed by atoms with Gasteiger partial charge in [0.15, 0.2) is 0 Å². The maximum absolute atomic E-state index is 6.22. The summed E-state index contributed by atoms with van der Waals surface area (Å²) in [5.41, 5.74) is 8.93. The van der Waals surface area contributed by atoms with Crippen molar-refractivity contribution < 1.29 is 0 Å². The standard InChI is InChI=1S/C16H25N/c1-13-6-8-15(9-7-13)12-16(17)11-10-14-4-2-3-5-14/h6-9,14,16H,2-5,10-12,17H2,1H3. The maximum Gasteiger partial charge on any atom is 0.00794 e. The van der Waals surface area contributed by atoms with Gasteiger partial charge in [-0.25, -0.2) is 0 Å². The molecule has 0 aliphatic heterocycles. The first-order valence-electron chi connectivity index (χ1n) is 7.05. The van der Waals surface area contributed by atoms with E-state index >= 15 is 0 Å². The van der Waals surface area contributed by atoms with Crippen LogP contribution in [0.15, 0.2) is 24.3 Å². The first kappa shape index (κ1) is 12.6. The van der Waals surface area contributed by atoms with Gasteiger partial charge in [0.2, 0.25) is 0 Å². The van der Waals surface area contributed by atoms with Crippen molar-refractivity contribution >= 4 is 0 Å². The molecule has 0 radical (unpaired) electrons. The van der Waals surface area contributed by atoms with Gasteiger partial charge in [0.05, 0.1) is 0 Å². The second-order valence-electron chi connectivity index (χ2n) is 5.68. The lowest BCUT2D eigenvalue weighted by molar-refractivity contribution is 0.447. The Morgan fingerprint density at radius 1 is 1.18 bits per heavy atom. The van der Waals surface area contributed by atoms with Gasteiger partial charge in [-0.3, -0.25) is 0 Å². The SMILES string of the molecule is Cc1ccc(CC(N)CCC2CCCC2)cc1. The molecule has 1 aromatic rings. The first-order chi connectivity index (χ1) is 8.24. The van der Waals surface area contributed by atoms with E-state index in [4.69, 9.17) is 5.73 Å². The largest absolute Gasteiger partial charge is 0.327 e. The third kappa shape index (κ3) is 4.16. The fourth-order valence-electron chi connectivity index (χ4n) is 2.88. The van der Waals surface area contributed by atoms with Crippen LogP contribution in [0.1, 0.15) is 49.7 Å². The van der Waals surface area contributed by atoms with E-state index in [1.165, 1.54) is 49.7 Å². The van der Waals surface area contributed by atoms with Crippen molar-refractivity contribution in [2.24, 2.45) is 11.7 Å². The molecule has 1 aliphatic rings. The Kier molecular flexibility index (Phi) is 4.61. The van der Waals surface area contributed by atoms with Gasteiger partial charge in [0.1, 0.15) is 0 Å². The van der Waals surface area contributed by atoms with E-state index in [9.17, 15) is 0 Å². The third-order valence-corrected chi connectivity index (χ3v) is 4.04. The number of nitrogens with two attached hydrogens (primary N) is 1. The summed E-state index contributed by atoms with van der Waals surface area (Å²) in [6.45, 7) is 2.13. The zero-order valence-electron chi connectivity index (χ0n) is 11.0. The first-order valence-corrected chi connectivity index (χ1v) is 7.05. The van der Waals surface area contributed by atoms with E-state index in [1.807, 2.05) is 0 Å². The summed E-state index contributed by atoms with van der Waals surface area (Å²) in [5.74, 6) is 0.971. The minimum Gasteiger partial charge on any atom is -0.327 e. The minimum atomic E-state index is 0.346. The highest BCUT2D eigenvalue weighted by Crippen LogP contribution is 2.29. The van der Waals surface area contributed by atoms with Crippen LogP contribution >= 0.6 is 0 Å². The monoisotopic (exact) mass is 231 g/mol. The number of benzene rings is 1. The molecule has 1 aliphatic carbocycles. The highest BCUT2D eigenvalue weighted by molar-refractivity contribution is 5.21. The van der Waals surface area contributed by atoms with Crippen LogP contribution in [-0.4, -0.2) is 6.04 Å². The molecule has 94 valence electrons. The summed E-state index contributed by atoms with van der Waals surface area (Å²) in [5, 5.41) is 0. The van der Waals surface area contributed by atoms with Gasteiger partial charge in [-0.2, -0.15) is 0 Å². The Hall–Kier alpha value is -0.820. The van der Waals surface area contributed by atoms with Crippen molar-refractivity contribution in [1.82, 2.24) is 0 Å². The van der Waals surface area contributed by atoms with Gasteiger partial charge in [-0.1, -0.05) is 55.5 Å². The van der Waals surface area contributed by atoms with E-state index in [2.05, 4.69) is 31.2 Å². The van der Waals surface area contributed by atoms with E-state index in [0.29, 0.717) is 6.04 Å². The van der Waals surface area contributed by atoms with Crippen LogP contribution < -0.4 is 5.73 Å². The van der Waals surface area contributed by atoms with Crippen molar-refractivity contribution in [3.8, 4) is 0 Å². The van der Waals surface area contributed by atoms with Gasteiger partial charge in [0.25, 0.3) is 0 Å². The molecular formula is C16H25N. The molecule has 1 aromatic carbocycles. The van der Waals surface area contributed by atoms with Crippen LogP contribution in [0.5, 0.6) is 0 Å². The van der Waals surface area contributed by atoms with Gasteiger partial charge in [-0.05, 0) is 37.7 Å². The second kappa shape index (κ2) is 6.20. The van der Waals surface area contributed by atoms with Crippen molar-refractivity contribution in [1.29, 1.82) is 0 Å². The third-order valence-electron chi connectivity index (χ3n) is 4.04. The highest BCUT2D eigenvalue weighted by Gasteiger charge is 2.16. The molecule has 1 nitrogen and oxygen atoms in total. The molecule has 1 atom stereocenters. The molecule has 0 saturated heterocycles. The van der Waals surface area contributed by atoms with Gasteiger partial charge >= 0.3 is 0 Å². The van der Waals surface area contributed by atoms with Crippen LogP contribution in [0.2, 0.25) is 0 Å². The molecule has 1 heteroatoms. The summed E-state index contributed by atoms with van der Waals surface area (Å²) in [4.78, 5) is 0. The number of hydrogen-bond acceptors (Lipinski definition) is 1. The van der Waals surface area contributed by atoms with E-state index in [-0.39, 0.29) is 0 Å². The van der Waals surface area contributed by atoms with Crippen LogP contribution in [0.3, 0.4) is 0 Å². The average molecular weight is 231 g/mol. The molecule has 0 amide bonds. The molecule has 2 rings (SSSR count). The molecule has 0 heterocycles. The molecule has 0 bridgehead atoms. The molecular weight excluding hydrogens is 206 g/mol. The summed E-state index contributed by atoms with van der Waals surface area (Å²) >= 11 is 0. The average Bonchev–Trinajstić information content (AvgIpc) is 2.83. The lowest BCUT2D eigenvalue weighted by Gasteiger charge is -2.14. The number of rotatable bonds is 5. The fraction of sp³-hybridized carbons (Fsp3) is 0.625. The lowest BCUT2D eigenvalue weighted by atomic mass is 9.95. The Bertz CT molecular complexity index is 322. The van der Waals surface area contributed by atoms with Crippen LogP contribution in [0.4, 0.5) is 0 Å². The quantitative estimate of drug-likeness (QED) is 0.818. The smallest absolute Gasteiger partial charge is 0.00794 e. The van der Waals surface area contributed by atoms with Crippen molar-refractivity contribution in [2.45, 2.75) is 57.9 Å². The Morgan fingerprint density at radius 3 is 2.47 bits per heavy atom. The predicted octanol–water partition coefficient (Wildman–Crippen LogP) is 3.84. The minimum absolute atomic E-state index is 0.346. The molecule has 2 N–H and O–H groups in total. The summed E-state index contributed by atoms with van der Waals surface area (Å²) in [6, 6.07) is 9.13. The van der Waals surface area contributed by atoms with E-state index in [0.717, 1.165) is 12.3 Å². The number of aryl methyl sites for hydroxylation is 1. The van der Waals surface area contributed by atoms with Crippen LogP contribution in [0, 0.1) is 12.8 Å². The summed E-state index contributed by atoms with van der Waals surface area (Å²) in [7, 11) is 0. The van der Waals surface area contributed by atoms with Crippen molar-refractivity contribution in [3.63, 3.8) is 0 Å². The summed E-state index contributed by atoms with van der Waals surface area (Å²) < 4.78 is 0. The molecule has 1 unspecified atom stereocenters. The van der Waals surface area contributed by atoms with Gasteiger partial charge in [-0.15, -0.1) is 0 Å². The normalized spacial score (nSPS) is 18.5. The molecule has 0 spiro atoms. The van der Waals surface area contributed by atoms with E-state index < -0.39 is 0 Å². The maximum atomic E-state index is 6.22. The van der Waals surface area contributed by atoms with Gasteiger partial charge in [0, 0.05) is 6.04 Å². The molecule has 1 fully saturated rings. The van der Waals surface area contributed by atoms with Gasteiger partial charge < -0.3 is 5.73 Å². The van der Waals surface area contributed by atoms with Crippen molar-refractivity contribution in [2.75, 3.05) is 0 Å². The molecule has 1 saturated carbocycles. The van der Waals surface area contributed by atoms with E-state index in [1.54, 1.807) is 0 Å². The summed E-state index contributed by atoms with van der Waals surface area (Å²) in [6.07, 6.45) is 9.34. The fourth-order valence-corrected chi connectivity index (χ4v) is 2.88. The van der Waals surface area contributed by atoms with Crippen LogP contribution in [0.25, 0.3) is 0 Å². The number of hydrogen-bond donors (Lipinski definition) is 1.